The Labute approximate surface area is 139 Å². The Balaban J connectivity index is 2.42. The summed E-state index contributed by atoms with van der Waals surface area (Å²) in [5.41, 5.74) is 6.02. The van der Waals surface area contributed by atoms with Crippen LogP contribution in [-0.4, -0.2) is 28.4 Å². The fourth-order valence-corrected chi connectivity index (χ4v) is 3.74. The number of rotatable bonds is 4. The van der Waals surface area contributed by atoms with E-state index in [4.69, 9.17) is 21.9 Å². The summed E-state index contributed by atoms with van der Waals surface area (Å²) in [4.78, 5) is -0.388. The maximum atomic E-state index is 12.5. The monoisotopic (exact) mass is 376 g/mol. The van der Waals surface area contributed by atoms with Crippen LogP contribution in [0, 0.1) is 0 Å². The van der Waals surface area contributed by atoms with Gasteiger partial charge in [0.1, 0.15) is 0 Å². The van der Waals surface area contributed by atoms with Gasteiger partial charge >= 0.3 is 0 Å². The van der Waals surface area contributed by atoms with Gasteiger partial charge in [-0.25, -0.2) is 8.42 Å². The highest BCUT2D eigenvalue weighted by molar-refractivity contribution is 7.92. The van der Waals surface area contributed by atoms with Gasteiger partial charge in [0.2, 0.25) is 0 Å². The zero-order chi connectivity index (χ0) is 17.4. The molecule has 2 aromatic carbocycles. The molecule has 2 aromatic rings. The molecule has 124 valence electrons. The third kappa shape index (κ3) is 3.58. The molecule has 0 radical (unpaired) electrons. The Kier molecular flexibility index (Phi) is 4.58. The maximum absolute atomic E-state index is 12.5. The second-order valence-electron chi connectivity index (χ2n) is 4.62. The van der Waals surface area contributed by atoms with E-state index in [1.54, 1.807) is 0 Å². The lowest BCUT2D eigenvalue weighted by molar-refractivity contribution is 0.483. The molecule has 0 saturated carbocycles. The Morgan fingerprint density at radius 1 is 1.00 bits per heavy atom. The summed E-state index contributed by atoms with van der Waals surface area (Å²) in [6.45, 7) is 0. The van der Waals surface area contributed by atoms with Crippen molar-refractivity contribution in [3.05, 3.63) is 47.5 Å². The van der Waals surface area contributed by atoms with Crippen LogP contribution in [0.25, 0.3) is 0 Å². The predicted molar refractivity (Wildman–Crippen MR) is 87.7 cm³/mol. The molecule has 10 heteroatoms. The van der Waals surface area contributed by atoms with Gasteiger partial charge in [0, 0.05) is 7.05 Å². The summed E-state index contributed by atoms with van der Waals surface area (Å²) in [5, 5.41) is 0.112. The van der Waals surface area contributed by atoms with Crippen LogP contribution in [-0.2, 0) is 20.1 Å². The van der Waals surface area contributed by atoms with Crippen molar-refractivity contribution in [1.82, 2.24) is 0 Å². The first-order chi connectivity index (χ1) is 10.5. The van der Waals surface area contributed by atoms with Crippen LogP contribution >= 0.6 is 11.6 Å². The summed E-state index contributed by atoms with van der Waals surface area (Å²) in [5.74, 6) is 0. The minimum absolute atomic E-state index is 0.0574. The van der Waals surface area contributed by atoms with Gasteiger partial charge < -0.3 is 5.73 Å². The first kappa shape index (κ1) is 17.5. The molecule has 0 atom stereocenters. The van der Waals surface area contributed by atoms with Crippen LogP contribution in [0.3, 0.4) is 0 Å². The SMILES string of the molecule is CN(c1ccc(S(=O)(=O)O)cc1)S(=O)(=O)c1ccc(N)c(Cl)c1. The lowest BCUT2D eigenvalue weighted by Gasteiger charge is -2.20. The normalized spacial score (nSPS) is 12.1. The van der Waals surface area contributed by atoms with Gasteiger partial charge in [0.05, 0.1) is 26.2 Å². The van der Waals surface area contributed by atoms with Crippen LogP contribution in [0.1, 0.15) is 0 Å². The van der Waals surface area contributed by atoms with Crippen molar-refractivity contribution in [2.24, 2.45) is 0 Å². The molecule has 0 aliphatic carbocycles. The number of hydrogen-bond acceptors (Lipinski definition) is 5. The van der Waals surface area contributed by atoms with Gasteiger partial charge in [-0.15, -0.1) is 0 Å². The molecule has 0 saturated heterocycles. The van der Waals surface area contributed by atoms with Crippen LogP contribution in [0.5, 0.6) is 0 Å². The number of nitrogens with two attached hydrogens (primary N) is 1. The quantitative estimate of drug-likeness (QED) is 0.622. The third-order valence-electron chi connectivity index (χ3n) is 3.13. The Morgan fingerprint density at radius 2 is 1.52 bits per heavy atom. The van der Waals surface area contributed by atoms with E-state index in [1.807, 2.05) is 0 Å². The molecule has 0 amide bonds. The maximum Gasteiger partial charge on any atom is 0.294 e. The molecular formula is C13H13ClN2O5S2. The lowest BCUT2D eigenvalue weighted by atomic mass is 10.3. The molecule has 0 aliphatic rings. The summed E-state index contributed by atoms with van der Waals surface area (Å²) < 4.78 is 57.0. The van der Waals surface area contributed by atoms with E-state index in [0.29, 0.717) is 0 Å². The van der Waals surface area contributed by atoms with E-state index >= 15 is 0 Å². The van der Waals surface area contributed by atoms with E-state index in [-0.39, 0.29) is 26.2 Å². The number of benzene rings is 2. The van der Waals surface area contributed by atoms with Crippen molar-refractivity contribution in [2.75, 3.05) is 17.1 Å². The Morgan fingerprint density at radius 3 is 2.00 bits per heavy atom. The van der Waals surface area contributed by atoms with Crippen LogP contribution in [0.2, 0.25) is 5.02 Å². The highest BCUT2D eigenvalue weighted by Gasteiger charge is 2.22. The molecule has 0 aliphatic heterocycles. The number of nitrogens with zero attached hydrogens (tertiary/aromatic N) is 1. The molecular weight excluding hydrogens is 364 g/mol. The van der Waals surface area contributed by atoms with Crippen molar-refractivity contribution >= 4 is 43.1 Å². The second kappa shape index (κ2) is 6.00. The molecule has 2 rings (SSSR count). The molecule has 0 bridgehead atoms. The van der Waals surface area contributed by atoms with Crippen molar-refractivity contribution in [3.63, 3.8) is 0 Å². The Hall–Kier alpha value is -1.81. The molecule has 0 spiro atoms. The van der Waals surface area contributed by atoms with Gasteiger partial charge in [0.25, 0.3) is 20.1 Å². The van der Waals surface area contributed by atoms with E-state index in [2.05, 4.69) is 0 Å². The average molecular weight is 377 g/mol. The molecule has 7 nitrogen and oxygen atoms in total. The number of sulfonamides is 1. The molecule has 0 unspecified atom stereocenters. The topological polar surface area (TPSA) is 118 Å². The highest BCUT2D eigenvalue weighted by atomic mass is 35.5. The van der Waals surface area contributed by atoms with Crippen LogP contribution in [0.4, 0.5) is 11.4 Å². The summed E-state index contributed by atoms with van der Waals surface area (Å²) in [6.07, 6.45) is 0. The van der Waals surface area contributed by atoms with Gasteiger partial charge in [-0.05, 0) is 42.5 Å². The number of nitrogen functional groups attached to an aromatic ring is 1. The van der Waals surface area contributed by atoms with Crippen molar-refractivity contribution in [2.45, 2.75) is 9.79 Å². The Bertz CT molecular complexity index is 941. The summed E-state index contributed by atoms with van der Waals surface area (Å²) in [7, 11) is -6.93. The molecule has 0 heterocycles. The first-order valence-corrected chi connectivity index (χ1v) is 9.41. The lowest BCUT2D eigenvalue weighted by Crippen LogP contribution is -2.26. The van der Waals surface area contributed by atoms with Gasteiger partial charge in [-0.2, -0.15) is 8.42 Å². The van der Waals surface area contributed by atoms with Crippen molar-refractivity contribution in [3.8, 4) is 0 Å². The molecule has 3 N–H and O–H groups in total. The molecule has 0 aromatic heterocycles. The van der Waals surface area contributed by atoms with Crippen molar-refractivity contribution in [1.29, 1.82) is 0 Å². The van der Waals surface area contributed by atoms with Crippen LogP contribution in [0.15, 0.2) is 52.3 Å². The largest absolute Gasteiger partial charge is 0.398 e. The summed E-state index contributed by atoms with van der Waals surface area (Å²) in [6, 6.07) is 8.66. The fraction of sp³-hybridized carbons (Fsp3) is 0.0769. The third-order valence-corrected chi connectivity index (χ3v) is 6.11. The number of hydrogen-bond donors (Lipinski definition) is 2. The summed E-state index contributed by atoms with van der Waals surface area (Å²) >= 11 is 5.84. The second-order valence-corrected chi connectivity index (χ2v) is 8.42. The average Bonchev–Trinajstić information content (AvgIpc) is 2.48. The smallest absolute Gasteiger partial charge is 0.294 e. The highest BCUT2D eigenvalue weighted by Crippen LogP contribution is 2.27. The number of halogens is 1. The number of anilines is 2. The minimum Gasteiger partial charge on any atom is -0.398 e. The zero-order valence-corrected chi connectivity index (χ0v) is 14.2. The fourth-order valence-electron chi connectivity index (χ4n) is 1.79. The van der Waals surface area contributed by atoms with Gasteiger partial charge in [-0.3, -0.25) is 8.86 Å². The van der Waals surface area contributed by atoms with Gasteiger partial charge in [-0.1, -0.05) is 11.6 Å². The van der Waals surface area contributed by atoms with Crippen molar-refractivity contribution < 1.29 is 21.4 Å². The van der Waals surface area contributed by atoms with E-state index in [0.717, 1.165) is 16.4 Å². The van der Waals surface area contributed by atoms with E-state index < -0.39 is 20.1 Å². The first-order valence-electron chi connectivity index (χ1n) is 6.15. The van der Waals surface area contributed by atoms with E-state index in [9.17, 15) is 16.8 Å². The molecule has 23 heavy (non-hydrogen) atoms. The van der Waals surface area contributed by atoms with Crippen LogP contribution < -0.4 is 10.0 Å². The zero-order valence-electron chi connectivity index (χ0n) is 11.8. The predicted octanol–water partition coefficient (Wildman–Crippen LogP) is 1.99. The minimum atomic E-state index is -4.34. The standard InChI is InChI=1S/C13H13ClN2O5S2/c1-16(9-2-4-10(5-3-9)23(19,20)21)22(17,18)11-6-7-13(15)12(14)8-11/h2-8H,15H2,1H3,(H,19,20,21). The van der Waals surface area contributed by atoms with E-state index in [1.165, 1.54) is 37.4 Å². The molecule has 0 fully saturated rings. The van der Waals surface area contributed by atoms with Gasteiger partial charge in [0.15, 0.2) is 0 Å².